The monoisotopic (exact) mass is 391 g/mol. The van der Waals surface area contributed by atoms with Gasteiger partial charge in [0.1, 0.15) is 13.2 Å². The second-order valence-electron chi connectivity index (χ2n) is 6.58. The normalized spacial score (nSPS) is 10.4. The van der Waals surface area contributed by atoms with E-state index < -0.39 is 0 Å². The van der Waals surface area contributed by atoms with Crippen molar-refractivity contribution in [3.05, 3.63) is 95.6 Å². The zero-order valence-electron chi connectivity index (χ0n) is 16.2. The molecule has 3 aromatic rings. The number of hydrogen-bond acceptors (Lipinski definition) is 4. The molecule has 2 N–H and O–H groups in total. The van der Waals surface area contributed by atoms with Gasteiger partial charge in [0.15, 0.2) is 11.5 Å². The van der Waals surface area contributed by atoms with E-state index >= 15 is 0 Å². The van der Waals surface area contributed by atoms with Crippen LogP contribution in [0.15, 0.2) is 78.9 Å². The van der Waals surface area contributed by atoms with Crippen molar-refractivity contribution < 1.29 is 19.4 Å². The highest BCUT2D eigenvalue weighted by molar-refractivity contribution is 5.75. The molecule has 3 rings (SSSR count). The van der Waals surface area contributed by atoms with E-state index in [1.165, 1.54) is 0 Å². The average molecular weight is 391 g/mol. The number of benzene rings is 3. The van der Waals surface area contributed by atoms with Crippen molar-refractivity contribution in [1.29, 1.82) is 0 Å². The molecule has 150 valence electrons. The van der Waals surface area contributed by atoms with Gasteiger partial charge in [0.25, 0.3) is 0 Å². The number of rotatable bonds is 10. The minimum atomic E-state index is -0.191. The Balaban J connectivity index is 1.71. The predicted octanol–water partition coefficient (Wildman–Crippen LogP) is 3.84. The van der Waals surface area contributed by atoms with Crippen molar-refractivity contribution in [2.45, 2.75) is 26.2 Å². The minimum absolute atomic E-state index is 0.0929. The van der Waals surface area contributed by atoms with E-state index in [0.717, 1.165) is 16.7 Å². The van der Waals surface area contributed by atoms with E-state index in [4.69, 9.17) is 14.6 Å². The Kier molecular flexibility index (Phi) is 7.66. The highest BCUT2D eigenvalue weighted by atomic mass is 16.5. The fourth-order valence-corrected chi connectivity index (χ4v) is 2.76. The summed E-state index contributed by atoms with van der Waals surface area (Å²) in [6, 6.07) is 25.5. The second kappa shape index (κ2) is 10.9. The first-order chi connectivity index (χ1) is 14.2. The summed E-state index contributed by atoms with van der Waals surface area (Å²) in [6.45, 7) is 1.06. The molecule has 0 aromatic heterocycles. The summed E-state index contributed by atoms with van der Waals surface area (Å²) in [5.74, 6) is 1.08. The van der Waals surface area contributed by atoms with Crippen molar-refractivity contribution in [2.24, 2.45) is 0 Å². The number of nitrogens with one attached hydrogen (secondary N) is 1. The first kappa shape index (κ1) is 20.4. The lowest BCUT2D eigenvalue weighted by Crippen LogP contribution is -2.23. The van der Waals surface area contributed by atoms with Crippen molar-refractivity contribution in [3.8, 4) is 11.5 Å². The molecule has 5 heteroatoms. The van der Waals surface area contributed by atoms with Gasteiger partial charge in [-0.3, -0.25) is 4.79 Å². The maximum atomic E-state index is 11.6. The third-order valence-electron chi connectivity index (χ3n) is 4.31. The maximum Gasteiger partial charge on any atom is 0.222 e. The highest BCUT2D eigenvalue weighted by Gasteiger charge is 2.09. The zero-order chi connectivity index (χ0) is 20.3. The number of carbonyl (C=O) groups excluding carboxylic acids is 1. The van der Waals surface area contributed by atoms with E-state index in [0.29, 0.717) is 31.3 Å². The quantitative estimate of drug-likeness (QED) is 0.551. The van der Waals surface area contributed by atoms with Crippen LogP contribution in [-0.2, 0) is 24.6 Å². The molecule has 0 bridgehead atoms. The van der Waals surface area contributed by atoms with Gasteiger partial charge in [-0.2, -0.15) is 0 Å². The molecule has 0 unspecified atom stereocenters. The fraction of sp³-hybridized carbons (Fsp3) is 0.208. The largest absolute Gasteiger partial charge is 0.485 e. The van der Waals surface area contributed by atoms with Crippen LogP contribution in [0.2, 0.25) is 0 Å². The van der Waals surface area contributed by atoms with Gasteiger partial charge in [-0.25, -0.2) is 0 Å². The van der Waals surface area contributed by atoms with E-state index in [1.807, 2.05) is 78.9 Å². The number of hydrogen-bond donors (Lipinski definition) is 2. The molecule has 0 aliphatic heterocycles. The van der Waals surface area contributed by atoms with Gasteiger partial charge in [0, 0.05) is 13.0 Å². The van der Waals surface area contributed by atoms with Gasteiger partial charge in [0.05, 0.1) is 6.61 Å². The molecule has 3 aromatic carbocycles. The van der Waals surface area contributed by atoms with Crippen LogP contribution < -0.4 is 14.8 Å². The number of aliphatic hydroxyl groups is 1. The summed E-state index contributed by atoms with van der Waals surface area (Å²) in [5.41, 5.74) is 3.02. The predicted molar refractivity (Wildman–Crippen MR) is 112 cm³/mol. The summed E-state index contributed by atoms with van der Waals surface area (Å²) < 4.78 is 12.0. The molecule has 0 aliphatic rings. The fourth-order valence-electron chi connectivity index (χ4n) is 2.76. The summed E-state index contributed by atoms with van der Waals surface area (Å²) in [5, 5.41) is 11.6. The molecule has 1 amide bonds. The summed E-state index contributed by atoms with van der Waals surface area (Å²) in [6.07, 6.45) is 0.0929. The Morgan fingerprint density at radius 3 is 1.93 bits per heavy atom. The van der Waals surface area contributed by atoms with Crippen molar-refractivity contribution in [2.75, 3.05) is 6.61 Å². The van der Waals surface area contributed by atoms with Gasteiger partial charge < -0.3 is 19.9 Å². The molecule has 0 fully saturated rings. The van der Waals surface area contributed by atoms with Crippen LogP contribution in [-0.4, -0.2) is 17.6 Å². The smallest absolute Gasteiger partial charge is 0.222 e. The maximum absolute atomic E-state index is 11.6. The molecule has 0 radical (unpaired) electrons. The summed E-state index contributed by atoms with van der Waals surface area (Å²) in [7, 11) is 0. The van der Waals surface area contributed by atoms with Gasteiger partial charge in [-0.15, -0.1) is 0 Å². The van der Waals surface area contributed by atoms with Gasteiger partial charge >= 0.3 is 0 Å². The van der Waals surface area contributed by atoms with Crippen LogP contribution in [0.25, 0.3) is 0 Å². The number of aliphatic hydroxyl groups excluding tert-OH is 1. The lowest BCUT2D eigenvalue weighted by Gasteiger charge is -2.15. The third kappa shape index (κ3) is 6.66. The molecule has 0 saturated carbocycles. The number of ether oxygens (including phenoxy) is 2. The standard InChI is InChI=1S/C24H25NO4/c26-14-13-24(27)25-16-21-11-12-22(28-17-19-7-3-1-4-8-19)23(15-21)29-18-20-9-5-2-6-10-20/h1-12,15,26H,13-14,16-18H2,(H,25,27). The van der Waals surface area contributed by atoms with Crippen molar-refractivity contribution >= 4 is 5.91 Å². The third-order valence-corrected chi connectivity index (χ3v) is 4.31. The molecule has 0 spiro atoms. The molecule has 0 aliphatic carbocycles. The number of carbonyl (C=O) groups is 1. The van der Waals surface area contributed by atoms with E-state index in [1.54, 1.807) is 0 Å². The van der Waals surface area contributed by atoms with Crippen LogP contribution in [0.1, 0.15) is 23.1 Å². The van der Waals surface area contributed by atoms with Crippen molar-refractivity contribution in [3.63, 3.8) is 0 Å². The first-order valence-corrected chi connectivity index (χ1v) is 9.58. The van der Waals surface area contributed by atoms with E-state index in [-0.39, 0.29) is 18.9 Å². The summed E-state index contributed by atoms with van der Waals surface area (Å²) >= 11 is 0. The Morgan fingerprint density at radius 2 is 1.34 bits per heavy atom. The van der Waals surface area contributed by atoms with Crippen LogP contribution >= 0.6 is 0 Å². The molecule has 0 heterocycles. The Hall–Kier alpha value is -3.31. The Labute approximate surface area is 170 Å². The molecule has 0 atom stereocenters. The molecular formula is C24H25NO4. The van der Waals surface area contributed by atoms with Crippen molar-refractivity contribution in [1.82, 2.24) is 5.32 Å². The Bertz CT molecular complexity index is 897. The van der Waals surface area contributed by atoms with Crippen LogP contribution in [0.3, 0.4) is 0 Å². The van der Waals surface area contributed by atoms with Gasteiger partial charge in [0.2, 0.25) is 5.91 Å². The number of amides is 1. The SMILES string of the molecule is O=C(CCO)NCc1ccc(OCc2ccccc2)c(OCc2ccccc2)c1. The molecule has 5 nitrogen and oxygen atoms in total. The van der Waals surface area contributed by atoms with Gasteiger partial charge in [-0.1, -0.05) is 66.7 Å². The van der Waals surface area contributed by atoms with Crippen LogP contribution in [0.4, 0.5) is 0 Å². The minimum Gasteiger partial charge on any atom is -0.485 e. The highest BCUT2D eigenvalue weighted by Crippen LogP contribution is 2.30. The molecule has 0 saturated heterocycles. The molecular weight excluding hydrogens is 366 g/mol. The average Bonchev–Trinajstić information content (AvgIpc) is 2.77. The lowest BCUT2D eigenvalue weighted by atomic mass is 10.2. The molecule has 29 heavy (non-hydrogen) atoms. The van der Waals surface area contributed by atoms with Crippen LogP contribution in [0, 0.1) is 0 Å². The van der Waals surface area contributed by atoms with E-state index in [9.17, 15) is 4.79 Å². The summed E-state index contributed by atoms with van der Waals surface area (Å²) in [4.78, 5) is 11.6. The topological polar surface area (TPSA) is 67.8 Å². The van der Waals surface area contributed by atoms with Gasteiger partial charge in [-0.05, 0) is 28.8 Å². The Morgan fingerprint density at radius 1 is 0.759 bits per heavy atom. The van der Waals surface area contributed by atoms with E-state index in [2.05, 4.69) is 5.32 Å². The second-order valence-corrected chi connectivity index (χ2v) is 6.58. The lowest BCUT2D eigenvalue weighted by molar-refractivity contribution is -0.121. The first-order valence-electron chi connectivity index (χ1n) is 9.58. The van der Waals surface area contributed by atoms with Crippen LogP contribution in [0.5, 0.6) is 11.5 Å². The zero-order valence-corrected chi connectivity index (χ0v) is 16.2.